The lowest BCUT2D eigenvalue weighted by molar-refractivity contribution is 0.0218. The van der Waals surface area contributed by atoms with E-state index in [0.717, 1.165) is 29.8 Å². The Morgan fingerprint density at radius 3 is 2.74 bits per heavy atom. The van der Waals surface area contributed by atoms with Crippen LogP contribution in [0.2, 0.25) is 0 Å². The number of amides is 2. The summed E-state index contributed by atoms with van der Waals surface area (Å²) in [6, 6.07) is 5.37. The summed E-state index contributed by atoms with van der Waals surface area (Å²) in [6.45, 7) is 4.90. The van der Waals surface area contributed by atoms with Crippen molar-refractivity contribution in [1.29, 1.82) is 0 Å². The average Bonchev–Trinajstić information content (AvgIpc) is 2.41. The van der Waals surface area contributed by atoms with Gasteiger partial charge in [-0.05, 0) is 37.1 Å². The molecule has 0 heterocycles. The quantitative estimate of drug-likeness (QED) is 0.589. The predicted molar refractivity (Wildman–Crippen MR) is 75.6 cm³/mol. The number of benzene rings is 1. The second-order valence-corrected chi connectivity index (χ2v) is 4.03. The zero-order chi connectivity index (χ0) is 14.1. The fourth-order valence-corrected chi connectivity index (χ4v) is 1.64. The molecule has 0 unspecified atom stereocenters. The van der Waals surface area contributed by atoms with E-state index in [1.807, 2.05) is 25.1 Å². The van der Waals surface area contributed by atoms with E-state index >= 15 is 0 Å². The van der Waals surface area contributed by atoms with Crippen LogP contribution in [0.4, 0.5) is 10.5 Å². The minimum atomic E-state index is -0.231. The van der Waals surface area contributed by atoms with E-state index in [0.29, 0.717) is 6.61 Å². The van der Waals surface area contributed by atoms with Gasteiger partial charge < -0.3 is 20.1 Å². The van der Waals surface area contributed by atoms with Gasteiger partial charge in [-0.2, -0.15) is 0 Å². The number of hydrogen-bond donors (Lipinski definition) is 2. The third-order valence-electron chi connectivity index (χ3n) is 2.57. The van der Waals surface area contributed by atoms with E-state index in [1.165, 1.54) is 0 Å². The molecule has 0 aromatic heterocycles. The van der Waals surface area contributed by atoms with Gasteiger partial charge in [0.1, 0.15) is 5.75 Å². The number of hydrogen-bond acceptors (Lipinski definition) is 3. The van der Waals surface area contributed by atoms with Crippen molar-refractivity contribution in [2.45, 2.75) is 26.7 Å². The Labute approximate surface area is 114 Å². The topological polar surface area (TPSA) is 59.6 Å². The molecule has 0 saturated heterocycles. The third-order valence-corrected chi connectivity index (χ3v) is 2.57. The van der Waals surface area contributed by atoms with Gasteiger partial charge in [0.05, 0.1) is 0 Å². The first-order chi connectivity index (χ1) is 9.21. The molecule has 0 bridgehead atoms. The first-order valence-corrected chi connectivity index (χ1v) is 6.53. The molecule has 0 saturated carbocycles. The highest BCUT2D eigenvalue weighted by atomic mass is 16.7. The number of rotatable bonds is 7. The van der Waals surface area contributed by atoms with Crippen molar-refractivity contribution >= 4 is 11.7 Å². The van der Waals surface area contributed by atoms with Crippen molar-refractivity contribution in [2.75, 3.05) is 25.8 Å². The minimum Gasteiger partial charge on any atom is -0.467 e. The highest BCUT2D eigenvalue weighted by molar-refractivity contribution is 5.89. The molecule has 2 N–H and O–H groups in total. The highest BCUT2D eigenvalue weighted by Crippen LogP contribution is 2.24. The molecule has 1 aromatic carbocycles. The maximum atomic E-state index is 11.3. The second kappa shape index (κ2) is 8.37. The summed E-state index contributed by atoms with van der Waals surface area (Å²) in [7, 11) is 1.59. The van der Waals surface area contributed by atoms with Crippen LogP contribution in [0.5, 0.6) is 5.75 Å². The van der Waals surface area contributed by atoms with Crippen LogP contribution in [0.25, 0.3) is 0 Å². The van der Waals surface area contributed by atoms with Crippen LogP contribution in [0.3, 0.4) is 0 Å². The minimum absolute atomic E-state index is 0.231. The molecule has 1 rings (SSSR count). The van der Waals surface area contributed by atoms with Crippen molar-refractivity contribution in [3.05, 3.63) is 23.8 Å². The standard InChI is InChI=1S/C14H22N2O3/c1-4-6-11-9-12(16-14(17)15-3)7-8-13(11)19-10-18-5-2/h7-9H,4-6,10H2,1-3H3,(H2,15,16,17). The molecule has 0 spiro atoms. The summed E-state index contributed by atoms with van der Waals surface area (Å²) in [4.78, 5) is 11.3. The lowest BCUT2D eigenvalue weighted by Gasteiger charge is -2.13. The normalized spacial score (nSPS) is 10.1. The molecular formula is C14H22N2O3. The molecular weight excluding hydrogens is 244 g/mol. The van der Waals surface area contributed by atoms with E-state index in [1.54, 1.807) is 7.05 Å². The summed E-state index contributed by atoms with van der Waals surface area (Å²) in [5.74, 6) is 0.803. The van der Waals surface area contributed by atoms with Gasteiger partial charge in [0, 0.05) is 19.3 Å². The molecule has 2 amide bonds. The lowest BCUT2D eigenvalue weighted by Crippen LogP contribution is -2.24. The van der Waals surface area contributed by atoms with Crippen LogP contribution >= 0.6 is 0 Å². The van der Waals surface area contributed by atoms with E-state index in [4.69, 9.17) is 9.47 Å². The highest BCUT2D eigenvalue weighted by Gasteiger charge is 2.06. The Kier molecular flexibility index (Phi) is 6.74. The van der Waals surface area contributed by atoms with Gasteiger partial charge in [-0.1, -0.05) is 13.3 Å². The molecule has 0 aliphatic rings. The molecule has 19 heavy (non-hydrogen) atoms. The van der Waals surface area contributed by atoms with Crippen molar-refractivity contribution < 1.29 is 14.3 Å². The van der Waals surface area contributed by atoms with Gasteiger partial charge >= 0.3 is 6.03 Å². The number of anilines is 1. The van der Waals surface area contributed by atoms with Crippen LogP contribution in [0, 0.1) is 0 Å². The smallest absolute Gasteiger partial charge is 0.318 e. The molecule has 0 aliphatic heterocycles. The molecule has 0 atom stereocenters. The van der Waals surface area contributed by atoms with E-state index in [-0.39, 0.29) is 12.8 Å². The zero-order valence-corrected chi connectivity index (χ0v) is 11.8. The summed E-state index contributed by atoms with van der Waals surface area (Å²) in [5, 5.41) is 5.27. The molecule has 0 radical (unpaired) electrons. The Hall–Kier alpha value is -1.75. The number of nitrogens with one attached hydrogen (secondary N) is 2. The number of aryl methyl sites for hydroxylation is 1. The lowest BCUT2D eigenvalue weighted by atomic mass is 10.1. The van der Waals surface area contributed by atoms with Crippen molar-refractivity contribution in [3.63, 3.8) is 0 Å². The molecule has 0 fully saturated rings. The SMILES string of the molecule is CCCc1cc(NC(=O)NC)ccc1OCOCC. The van der Waals surface area contributed by atoms with Gasteiger partial charge in [-0.3, -0.25) is 0 Å². The van der Waals surface area contributed by atoms with Crippen molar-refractivity contribution in [3.8, 4) is 5.75 Å². The fourth-order valence-electron chi connectivity index (χ4n) is 1.64. The van der Waals surface area contributed by atoms with Gasteiger partial charge in [0.15, 0.2) is 6.79 Å². The van der Waals surface area contributed by atoms with Crippen LogP contribution < -0.4 is 15.4 Å². The van der Waals surface area contributed by atoms with Gasteiger partial charge in [0.25, 0.3) is 0 Å². The molecule has 106 valence electrons. The van der Waals surface area contributed by atoms with Crippen LogP contribution in [-0.2, 0) is 11.2 Å². The average molecular weight is 266 g/mol. The molecule has 5 nitrogen and oxygen atoms in total. The Morgan fingerprint density at radius 2 is 2.11 bits per heavy atom. The Morgan fingerprint density at radius 1 is 1.32 bits per heavy atom. The van der Waals surface area contributed by atoms with Crippen molar-refractivity contribution in [1.82, 2.24) is 5.32 Å². The number of urea groups is 1. The van der Waals surface area contributed by atoms with E-state index < -0.39 is 0 Å². The summed E-state index contributed by atoms with van der Waals surface area (Å²) in [6.07, 6.45) is 1.90. The van der Waals surface area contributed by atoms with Gasteiger partial charge in [-0.15, -0.1) is 0 Å². The molecule has 0 aliphatic carbocycles. The van der Waals surface area contributed by atoms with Crippen LogP contribution in [-0.4, -0.2) is 26.5 Å². The Bertz CT molecular complexity index is 408. The first kappa shape index (κ1) is 15.3. The van der Waals surface area contributed by atoms with Gasteiger partial charge in [-0.25, -0.2) is 4.79 Å². The first-order valence-electron chi connectivity index (χ1n) is 6.53. The second-order valence-electron chi connectivity index (χ2n) is 4.03. The van der Waals surface area contributed by atoms with E-state index in [9.17, 15) is 4.79 Å². The number of ether oxygens (including phenoxy) is 2. The van der Waals surface area contributed by atoms with Crippen LogP contribution in [0.1, 0.15) is 25.8 Å². The van der Waals surface area contributed by atoms with Crippen molar-refractivity contribution in [2.24, 2.45) is 0 Å². The molecule has 5 heteroatoms. The predicted octanol–water partition coefficient (Wildman–Crippen LogP) is 2.76. The number of carbonyl (C=O) groups is 1. The third kappa shape index (κ3) is 5.18. The maximum absolute atomic E-state index is 11.3. The van der Waals surface area contributed by atoms with Crippen LogP contribution in [0.15, 0.2) is 18.2 Å². The Balaban J connectivity index is 2.78. The van der Waals surface area contributed by atoms with E-state index in [2.05, 4.69) is 17.6 Å². The summed E-state index contributed by atoms with van der Waals surface area (Å²) in [5.41, 5.74) is 1.82. The largest absolute Gasteiger partial charge is 0.467 e. The summed E-state index contributed by atoms with van der Waals surface area (Å²) >= 11 is 0. The zero-order valence-electron chi connectivity index (χ0n) is 11.8. The number of carbonyl (C=O) groups excluding carboxylic acids is 1. The van der Waals surface area contributed by atoms with Gasteiger partial charge in [0.2, 0.25) is 0 Å². The monoisotopic (exact) mass is 266 g/mol. The molecule has 1 aromatic rings. The summed E-state index contributed by atoms with van der Waals surface area (Å²) < 4.78 is 10.7. The maximum Gasteiger partial charge on any atom is 0.318 e. The fraction of sp³-hybridized carbons (Fsp3) is 0.500.